The van der Waals surface area contributed by atoms with Gasteiger partial charge in [0.25, 0.3) is 0 Å². The summed E-state index contributed by atoms with van der Waals surface area (Å²) in [5.74, 6) is -0.0637. The lowest BCUT2D eigenvalue weighted by Gasteiger charge is -1.87. The van der Waals surface area contributed by atoms with Gasteiger partial charge in [0, 0.05) is 0 Å². The van der Waals surface area contributed by atoms with Gasteiger partial charge in [-0.1, -0.05) is 10.0 Å². The number of hydrogen-bond donors (Lipinski definition) is 2. The Balaban J connectivity index is 2.80. The average Bonchev–Trinajstić information content (AvgIpc) is 2.15. The zero-order chi connectivity index (χ0) is 6.69. The molecule has 1 heterocycles. The molecular weight excluding hydrogens is 120 g/mol. The molecule has 0 spiro atoms. The normalized spacial score (nSPS) is 8.89. The van der Waals surface area contributed by atoms with Crippen LogP contribution in [0.5, 0.6) is 0 Å². The Kier molecular flexibility index (Phi) is 1.31. The summed E-state index contributed by atoms with van der Waals surface area (Å²) in [6, 6.07) is 0. The van der Waals surface area contributed by atoms with E-state index < -0.39 is 0 Å². The van der Waals surface area contributed by atoms with Crippen molar-refractivity contribution in [2.45, 2.75) is 0 Å². The number of rotatable bonds is 1. The first-order valence-corrected chi connectivity index (χ1v) is 2.25. The summed E-state index contributed by atoms with van der Waals surface area (Å²) in [6.45, 7) is 0. The van der Waals surface area contributed by atoms with Gasteiger partial charge >= 0.3 is 0 Å². The standard InChI is InChI=1S/C3H6N6/c4-3(5)8-9-6-1-2-7-9/h1-2H,(H4,4,5,8). The minimum atomic E-state index is -0.0637. The third-order valence-electron chi connectivity index (χ3n) is 0.611. The number of guanidine groups is 1. The molecule has 9 heavy (non-hydrogen) atoms. The summed E-state index contributed by atoms with van der Waals surface area (Å²) in [5.41, 5.74) is 10.0. The van der Waals surface area contributed by atoms with Gasteiger partial charge in [-0.25, -0.2) is 0 Å². The molecule has 0 aromatic carbocycles. The predicted octanol–water partition coefficient (Wildman–Crippen LogP) is -1.69. The van der Waals surface area contributed by atoms with E-state index >= 15 is 0 Å². The van der Waals surface area contributed by atoms with E-state index in [4.69, 9.17) is 11.5 Å². The van der Waals surface area contributed by atoms with Crippen LogP contribution >= 0.6 is 0 Å². The van der Waals surface area contributed by atoms with Gasteiger partial charge in [-0.3, -0.25) is 0 Å². The molecule has 0 saturated carbocycles. The van der Waals surface area contributed by atoms with Crippen molar-refractivity contribution >= 4 is 5.96 Å². The fourth-order valence-electron chi connectivity index (χ4n) is 0.364. The molecule has 6 heteroatoms. The van der Waals surface area contributed by atoms with Crippen molar-refractivity contribution in [1.82, 2.24) is 15.1 Å². The van der Waals surface area contributed by atoms with Gasteiger partial charge in [-0.05, 0) is 0 Å². The Morgan fingerprint density at radius 1 is 1.33 bits per heavy atom. The summed E-state index contributed by atoms with van der Waals surface area (Å²) in [5, 5.41) is 10.7. The van der Waals surface area contributed by atoms with Gasteiger partial charge < -0.3 is 11.5 Å². The molecular formula is C3H6N6. The molecule has 0 fully saturated rings. The predicted molar refractivity (Wildman–Crippen MR) is 31.2 cm³/mol. The van der Waals surface area contributed by atoms with Gasteiger partial charge in [-0.2, -0.15) is 0 Å². The zero-order valence-corrected chi connectivity index (χ0v) is 4.60. The number of aromatic nitrogens is 3. The molecule has 0 saturated heterocycles. The molecule has 0 bridgehead atoms. The van der Waals surface area contributed by atoms with E-state index in [9.17, 15) is 0 Å². The largest absolute Gasteiger partial charge is 0.368 e. The second-order valence-electron chi connectivity index (χ2n) is 1.32. The highest BCUT2D eigenvalue weighted by Gasteiger charge is 1.83. The van der Waals surface area contributed by atoms with Gasteiger partial charge in [0.15, 0.2) is 0 Å². The highest BCUT2D eigenvalue weighted by molar-refractivity contribution is 5.75. The van der Waals surface area contributed by atoms with Crippen LogP contribution in [0.15, 0.2) is 17.5 Å². The molecule has 6 nitrogen and oxygen atoms in total. The molecule has 0 unspecified atom stereocenters. The number of hydrogen-bond acceptors (Lipinski definition) is 3. The van der Waals surface area contributed by atoms with Crippen LogP contribution in [0.2, 0.25) is 0 Å². The summed E-state index contributed by atoms with van der Waals surface area (Å²) >= 11 is 0. The van der Waals surface area contributed by atoms with Crippen LogP contribution in [0.1, 0.15) is 0 Å². The van der Waals surface area contributed by atoms with E-state index in [0.29, 0.717) is 0 Å². The zero-order valence-electron chi connectivity index (χ0n) is 4.60. The van der Waals surface area contributed by atoms with Crippen LogP contribution in [-0.4, -0.2) is 21.1 Å². The lowest BCUT2D eigenvalue weighted by Crippen LogP contribution is -2.24. The number of nitrogens with two attached hydrogens (primary N) is 2. The topological polar surface area (TPSA) is 95.1 Å². The average molecular weight is 126 g/mol. The molecule has 0 aliphatic rings. The minimum Gasteiger partial charge on any atom is -0.368 e. The first-order valence-electron chi connectivity index (χ1n) is 2.25. The summed E-state index contributed by atoms with van der Waals surface area (Å²) in [7, 11) is 0. The van der Waals surface area contributed by atoms with Crippen molar-refractivity contribution in [3.63, 3.8) is 0 Å². The van der Waals surface area contributed by atoms with E-state index in [1.54, 1.807) is 0 Å². The maximum Gasteiger partial charge on any atom is 0.212 e. The van der Waals surface area contributed by atoms with Gasteiger partial charge in [0.2, 0.25) is 5.96 Å². The van der Waals surface area contributed by atoms with E-state index in [0.717, 1.165) is 4.91 Å². The van der Waals surface area contributed by atoms with Gasteiger partial charge in [-0.15, -0.1) is 10.2 Å². The molecule has 0 atom stereocenters. The third kappa shape index (κ3) is 1.41. The van der Waals surface area contributed by atoms with Crippen LogP contribution < -0.4 is 11.5 Å². The van der Waals surface area contributed by atoms with Crippen LogP contribution in [0.4, 0.5) is 0 Å². The Hall–Kier alpha value is -1.59. The molecule has 0 radical (unpaired) electrons. The fourth-order valence-corrected chi connectivity index (χ4v) is 0.364. The fraction of sp³-hybridized carbons (Fsp3) is 0. The van der Waals surface area contributed by atoms with Gasteiger partial charge in [0.05, 0.1) is 12.4 Å². The lowest BCUT2D eigenvalue weighted by molar-refractivity contribution is 0.630. The Bertz CT molecular complexity index is 194. The summed E-state index contributed by atoms with van der Waals surface area (Å²) in [4.78, 5) is 1.04. The monoisotopic (exact) mass is 126 g/mol. The van der Waals surface area contributed by atoms with Crippen molar-refractivity contribution in [1.29, 1.82) is 0 Å². The molecule has 0 amide bonds. The second-order valence-corrected chi connectivity index (χ2v) is 1.32. The Morgan fingerprint density at radius 3 is 2.33 bits per heavy atom. The van der Waals surface area contributed by atoms with E-state index in [1.807, 2.05) is 0 Å². The molecule has 1 aromatic heterocycles. The van der Waals surface area contributed by atoms with Crippen molar-refractivity contribution in [2.75, 3.05) is 0 Å². The SMILES string of the molecule is NC(N)=Nn1nccn1. The minimum absolute atomic E-state index is 0.0637. The van der Waals surface area contributed by atoms with E-state index in [2.05, 4.69) is 15.3 Å². The molecule has 1 rings (SSSR count). The molecule has 48 valence electrons. The van der Waals surface area contributed by atoms with Crippen LogP contribution in [-0.2, 0) is 0 Å². The summed E-state index contributed by atoms with van der Waals surface area (Å²) in [6.07, 6.45) is 2.96. The first-order chi connectivity index (χ1) is 4.29. The first kappa shape index (κ1) is 5.54. The number of nitrogens with zero attached hydrogens (tertiary/aromatic N) is 4. The quantitative estimate of drug-likeness (QED) is 0.347. The molecule has 0 aliphatic heterocycles. The van der Waals surface area contributed by atoms with E-state index in [1.165, 1.54) is 12.4 Å². The molecule has 4 N–H and O–H groups in total. The molecule has 0 aliphatic carbocycles. The highest BCUT2D eigenvalue weighted by Crippen LogP contribution is 1.72. The van der Waals surface area contributed by atoms with Crippen LogP contribution in [0.25, 0.3) is 0 Å². The van der Waals surface area contributed by atoms with Crippen molar-refractivity contribution in [3.05, 3.63) is 12.4 Å². The van der Waals surface area contributed by atoms with Crippen molar-refractivity contribution < 1.29 is 0 Å². The maximum atomic E-state index is 5.01. The molecule has 1 aromatic rings. The second kappa shape index (κ2) is 2.12. The van der Waals surface area contributed by atoms with Crippen LogP contribution in [0.3, 0.4) is 0 Å². The Labute approximate surface area is 51.1 Å². The van der Waals surface area contributed by atoms with Crippen molar-refractivity contribution in [2.24, 2.45) is 16.6 Å². The summed E-state index contributed by atoms with van der Waals surface area (Å²) < 4.78 is 0. The van der Waals surface area contributed by atoms with E-state index in [-0.39, 0.29) is 5.96 Å². The van der Waals surface area contributed by atoms with Crippen LogP contribution in [0, 0.1) is 0 Å². The lowest BCUT2D eigenvalue weighted by atomic mass is 11.0. The highest BCUT2D eigenvalue weighted by atomic mass is 15.7. The maximum absolute atomic E-state index is 5.01. The smallest absolute Gasteiger partial charge is 0.212 e. The van der Waals surface area contributed by atoms with Gasteiger partial charge in [0.1, 0.15) is 0 Å². The van der Waals surface area contributed by atoms with Crippen molar-refractivity contribution in [3.8, 4) is 0 Å². The third-order valence-corrected chi connectivity index (χ3v) is 0.611. The Morgan fingerprint density at radius 2 is 1.89 bits per heavy atom.